The van der Waals surface area contributed by atoms with E-state index in [1.54, 1.807) is 0 Å². The number of hydrogen-bond acceptors (Lipinski definition) is 8. The average Bonchev–Trinajstić information content (AvgIpc) is 2.70. The highest BCUT2D eigenvalue weighted by atomic mass is 35.5. The van der Waals surface area contributed by atoms with Gasteiger partial charge in [-0.2, -0.15) is 0 Å². The zero-order chi connectivity index (χ0) is 23.9. The molecule has 2 aromatic rings. The molecule has 3 N–H and O–H groups in total. The Morgan fingerprint density at radius 1 is 0.875 bits per heavy atom. The van der Waals surface area contributed by atoms with Gasteiger partial charge in [0.2, 0.25) is 0 Å². The van der Waals surface area contributed by atoms with Crippen molar-refractivity contribution in [3.05, 3.63) is 69.7 Å². The minimum Gasteiger partial charge on any atom is -0.459 e. The van der Waals surface area contributed by atoms with Crippen molar-refractivity contribution in [1.29, 1.82) is 0 Å². The van der Waals surface area contributed by atoms with E-state index in [9.17, 15) is 24.1 Å². The monoisotopic (exact) mass is 506 g/mol. The van der Waals surface area contributed by atoms with Gasteiger partial charge in [0, 0.05) is 10.0 Å². The van der Waals surface area contributed by atoms with E-state index in [0.29, 0.717) is 10.0 Å². The number of aliphatic hydroxyl groups excluding tert-OH is 1. The standard InChI is InChI=1S/C19H17Cl2O10P/c20-13-5-1-11(2-6-13)18(24)29-10-15(22)16(9-17(23)31-32(26,27)28)30-19(25)12-3-7-14(21)8-4-12/h1-8,15-16,22H,9-10H2,(H2,26,27,28)/t15-,16+/m1/s1. The first kappa shape index (κ1) is 25.8. The van der Waals surface area contributed by atoms with Gasteiger partial charge in [-0.15, -0.1) is 0 Å². The minimum atomic E-state index is -5.16. The van der Waals surface area contributed by atoms with Gasteiger partial charge < -0.3 is 19.1 Å². The number of ether oxygens (including phenoxy) is 2. The van der Waals surface area contributed by atoms with E-state index in [-0.39, 0.29) is 11.1 Å². The quantitative estimate of drug-likeness (QED) is 0.341. The highest BCUT2D eigenvalue weighted by Crippen LogP contribution is 2.36. The highest BCUT2D eigenvalue weighted by molar-refractivity contribution is 7.46. The summed E-state index contributed by atoms with van der Waals surface area (Å²) in [7, 11) is -5.16. The lowest BCUT2D eigenvalue weighted by Crippen LogP contribution is -2.37. The fraction of sp³-hybridized carbons (Fsp3) is 0.211. The van der Waals surface area contributed by atoms with Crippen LogP contribution in [0.3, 0.4) is 0 Å². The summed E-state index contributed by atoms with van der Waals surface area (Å²) in [6.07, 6.45) is -4.31. The van der Waals surface area contributed by atoms with E-state index in [1.165, 1.54) is 48.5 Å². The van der Waals surface area contributed by atoms with Gasteiger partial charge in [0.25, 0.3) is 0 Å². The Kier molecular flexibility index (Phi) is 9.21. The van der Waals surface area contributed by atoms with Crippen LogP contribution < -0.4 is 0 Å². The largest absolute Gasteiger partial charge is 0.526 e. The molecule has 0 aliphatic heterocycles. The number of halogens is 2. The Morgan fingerprint density at radius 3 is 1.81 bits per heavy atom. The summed E-state index contributed by atoms with van der Waals surface area (Å²) in [5, 5.41) is 11.1. The molecule has 0 aliphatic rings. The molecule has 2 atom stereocenters. The second kappa shape index (κ2) is 11.4. The zero-order valence-electron chi connectivity index (χ0n) is 16.1. The maximum absolute atomic E-state index is 12.3. The van der Waals surface area contributed by atoms with Crippen molar-refractivity contribution >= 4 is 48.9 Å². The second-order valence-corrected chi connectivity index (χ2v) is 8.32. The van der Waals surface area contributed by atoms with Gasteiger partial charge in [0.05, 0.1) is 17.5 Å². The van der Waals surface area contributed by atoms with Crippen molar-refractivity contribution in [1.82, 2.24) is 0 Å². The number of aliphatic hydroxyl groups is 1. The maximum atomic E-state index is 12.3. The lowest BCUT2D eigenvalue weighted by atomic mass is 10.1. The molecule has 2 aromatic carbocycles. The van der Waals surface area contributed by atoms with E-state index in [1.807, 2.05) is 0 Å². The van der Waals surface area contributed by atoms with Gasteiger partial charge in [0.15, 0.2) is 0 Å². The van der Waals surface area contributed by atoms with Gasteiger partial charge in [-0.3, -0.25) is 14.6 Å². The Balaban J connectivity index is 2.08. The van der Waals surface area contributed by atoms with Crippen LogP contribution in [-0.2, 0) is 23.4 Å². The van der Waals surface area contributed by atoms with Gasteiger partial charge >= 0.3 is 25.7 Å². The molecule has 0 bridgehead atoms. The molecule has 0 fully saturated rings. The zero-order valence-corrected chi connectivity index (χ0v) is 18.5. The maximum Gasteiger partial charge on any atom is 0.526 e. The molecule has 0 aliphatic carbocycles. The predicted molar refractivity (Wildman–Crippen MR) is 111 cm³/mol. The van der Waals surface area contributed by atoms with Gasteiger partial charge in [0.1, 0.15) is 18.8 Å². The van der Waals surface area contributed by atoms with E-state index < -0.39 is 51.0 Å². The highest BCUT2D eigenvalue weighted by Gasteiger charge is 2.31. The summed E-state index contributed by atoms with van der Waals surface area (Å²) >= 11 is 11.5. The van der Waals surface area contributed by atoms with Crippen molar-refractivity contribution < 1.29 is 47.8 Å². The molecular formula is C19H17Cl2O10P. The molecule has 0 saturated heterocycles. The van der Waals surface area contributed by atoms with Gasteiger partial charge in [-0.25, -0.2) is 14.2 Å². The summed E-state index contributed by atoms with van der Waals surface area (Å²) in [6.45, 7) is -0.705. The molecule has 0 spiro atoms. The van der Waals surface area contributed by atoms with E-state index >= 15 is 0 Å². The van der Waals surface area contributed by atoms with Crippen LogP contribution in [0.2, 0.25) is 10.0 Å². The third-order valence-electron chi connectivity index (χ3n) is 3.82. The Bertz CT molecular complexity index is 1000. The first-order valence-corrected chi connectivity index (χ1v) is 11.1. The number of hydrogen-bond donors (Lipinski definition) is 3. The second-order valence-electron chi connectivity index (χ2n) is 6.28. The number of benzene rings is 2. The summed E-state index contributed by atoms with van der Waals surface area (Å²) in [5.41, 5.74) is 0.144. The predicted octanol–water partition coefficient (Wildman–Crippen LogP) is 2.76. The molecule has 2 rings (SSSR count). The molecule has 0 unspecified atom stereocenters. The van der Waals surface area contributed by atoms with E-state index in [4.69, 9.17) is 42.5 Å². The first-order chi connectivity index (χ1) is 14.9. The number of phosphoric acid groups is 1. The molecule has 10 nitrogen and oxygen atoms in total. The summed E-state index contributed by atoms with van der Waals surface area (Å²) in [5.74, 6) is -3.25. The van der Waals surface area contributed by atoms with Crippen molar-refractivity contribution in [2.24, 2.45) is 0 Å². The molecule has 172 valence electrons. The number of carbonyl (C=O) groups excluding carboxylic acids is 3. The molecular weight excluding hydrogens is 490 g/mol. The Hall–Kier alpha value is -2.46. The van der Waals surface area contributed by atoms with Gasteiger partial charge in [-0.1, -0.05) is 23.2 Å². The van der Waals surface area contributed by atoms with Crippen LogP contribution in [0.1, 0.15) is 27.1 Å². The van der Waals surface area contributed by atoms with E-state index in [2.05, 4.69) is 4.52 Å². The van der Waals surface area contributed by atoms with Crippen molar-refractivity contribution in [2.45, 2.75) is 18.6 Å². The summed E-state index contributed by atoms with van der Waals surface area (Å²) in [4.78, 5) is 53.7. The third-order valence-corrected chi connectivity index (χ3v) is 4.77. The fourth-order valence-electron chi connectivity index (χ4n) is 2.32. The minimum absolute atomic E-state index is 0.0214. The normalized spacial score (nSPS) is 13.0. The molecule has 0 amide bonds. The Morgan fingerprint density at radius 2 is 1.34 bits per heavy atom. The fourth-order valence-corrected chi connectivity index (χ4v) is 2.91. The van der Waals surface area contributed by atoms with Crippen LogP contribution in [-0.4, -0.2) is 51.6 Å². The molecule has 0 heterocycles. The number of esters is 2. The lowest BCUT2D eigenvalue weighted by molar-refractivity contribution is -0.140. The smallest absolute Gasteiger partial charge is 0.459 e. The number of carbonyl (C=O) groups is 3. The Labute approximate surface area is 191 Å². The first-order valence-electron chi connectivity index (χ1n) is 8.80. The van der Waals surface area contributed by atoms with Crippen molar-refractivity contribution in [3.63, 3.8) is 0 Å². The average molecular weight is 507 g/mol. The van der Waals surface area contributed by atoms with Crippen LogP contribution in [0.15, 0.2) is 48.5 Å². The summed E-state index contributed by atoms with van der Waals surface area (Å²) in [6, 6.07) is 11.1. The molecule has 0 radical (unpaired) electrons. The van der Waals surface area contributed by atoms with Crippen LogP contribution in [0.4, 0.5) is 0 Å². The van der Waals surface area contributed by atoms with E-state index in [0.717, 1.165) is 0 Å². The third kappa shape index (κ3) is 8.58. The van der Waals surface area contributed by atoms with Crippen LogP contribution in [0.25, 0.3) is 0 Å². The number of rotatable bonds is 9. The molecule has 32 heavy (non-hydrogen) atoms. The molecule has 13 heteroatoms. The van der Waals surface area contributed by atoms with Crippen LogP contribution in [0, 0.1) is 0 Å². The summed E-state index contributed by atoms with van der Waals surface area (Å²) < 4.78 is 24.8. The lowest BCUT2D eigenvalue weighted by Gasteiger charge is -2.22. The SMILES string of the molecule is O=C(C[C@H](OC(=O)c1ccc(Cl)cc1)[C@H](O)COC(=O)c1ccc(Cl)cc1)OP(=O)(O)O. The van der Waals surface area contributed by atoms with Crippen molar-refractivity contribution in [3.8, 4) is 0 Å². The molecule has 0 aromatic heterocycles. The number of phosphoric ester groups is 1. The van der Waals surface area contributed by atoms with Crippen LogP contribution >= 0.6 is 31.0 Å². The topological polar surface area (TPSA) is 157 Å². The molecule has 0 saturated carbocycles. The van der Waals surface area contributed by atoms with Gasteiger partial charge in [-0.05, 0) is 48.5 Å². The van der Waals surface area contributed by atoms with Crippen molar-refractivity contribution in [2.75, 3.05) is 6.61 Å². The van der Waals surface area contributed by atoms with Crippen LogP contribution in [0.5, 0.6) is 0 Å².